The van der Waals surface area contributed by atoms with Crippen molar-refractivity contribution in [3.63, 3.8) is 0 Å². The number of carbonyl (C=O) groups is 1. The Balaban J connectivity index is 1.77. The summed E-state index contributed by atoms with van der Waals surface area (Å²) >= 11 is 0. The summed E-state index contributed by atoms with van der Waals surface area (Å²) in [7, 11) is 1.56. The monoisotopic (exact) mass is 414 g/mol. The maximum atomic E-state index is 14.0. The fourth-order valence-electron chi connectivity index (χ4n) is 3.31. The van der Waals surface area contributed by atoms with Gasteiger partial charge in [0.25, 0.3) is 0 Å². The van der Waals surface area contributed by atoms with Gasteiger partial charge in [-0.1, -0.05) is 30.9 Å². The van der Waals surface area contributed by atoms with Crippen molar-refractivity contribution in [2.45, 2.75) is 25.5 Å². The molecule has 160 valence electrons. The van der Waals surface area contributed by atoms with Crippen LogP contribution in [0.5, 0.6) is 11.5 Å². The molecule has 0 bridgehead atoms. The van der Waals surface area contributed by atoms with E-state index in [9.17, 15) is 9.18 Å². The number of hydrogen-bond donors (Lipinski definition) is 1. The van der Waals surface area contributed by atoms with E-state index in [1.54, 1.807) is 36.3 Å². The van der Waals surface area contributed by atoms with Crippen molar-refractivity contribution in [1.82, 2.24) is 4.90 Å². The predicted octanol–water partition coefficient (Wildman–Crippen LogP) is 4.61. The minimum atomic E-state index is -0.478. The van der Waals surface area contributed by atoms with E-state index in [0.717, 1.165) is 18.4 Å². The number of benzene rings is 2. The average molecular weight is 414 g/mol. The van der Waals surface area contributed by atoms with Crippen LogP contribution in [0.25, 0.3) is 0 Å². The number of amides is 2. The van der Waals surface area contributed by atoms with E-state index in [0.29, 0.717) is 37.8 Å². The maximum Gasteiger partial charge on any atom is 0.322 e. The van der Waals surface area contributed by atoms with Gasteiger partial charge in [-0.3, -0.25) is 0 Å². The molecule has 6 nitrogen and oxygen atoms in total. The van der Waals surface area contributed by atoms with Crippen molar-refractivity contribution in [1.29, 1.82) is 0 Å². The first-order valence-electron chi connectivity index (χ1n) is 9.93. The van der Waals surface area contributed by atoms with Crippen LogP contribution in [-0.2, 0) is 11.3 Å². The number of methoxy groups -OCH3 is 1. The van der Waals surface area contributed by atoms with Gasteiger partial charge in [0.1, 0.15) is 12.4 Å². The first kappa shape index (κ1) is 21.6. The van der Waals surface area contributed by atoms with E-state index < -0.39 is 5.82 Å². The van der Waals surface area contributed by atoms with Crippen molar-refractivity contribution in [3.8, 4) is 11.5 Å². The highest BCUT2D eigenvalue weighted by molar-refractivity contribution is 5.89. The largest absolute Gasteiger partial charge is 0.493 e. The summed E-state index contributed by atoms with van der Waals surface area (Å²) in [5.41, 5.74) is 1.00. The molecular weight excluding hydrogens is 387 g/mol. The molecule has 1 N–H and O–H groups in total. The smallest absolute Gasteiger partial charge is 0.322 e. The Morgan fingerprint density at radius 1 is 1.33 bits per heavy atom. The first-order chi connectivity index (χ1) is 14.6. The summed E-state index contributed by atoms with van der Waals surface area (Å²) < 4.78 is 30.7. The van der Waals surface area contributed by atoms with Gasteiger partial charge < -0.3 is 24.4 Å². The molecule has 0 radical (unpaired) electrons. The number of para-hydroxylation sites is 1. The minimum absolute atomic E-state index is 0.0338. The van der Waals surface area contributed by atoms with Gasteiger partial charge >= 0.3 is 6.03 Å². The Labute approximate surface area is 176 Å². The van der Waals surface area contributed by atoms with Crippen LogP contribution in [0, 0.1) is 5.82 Å². The first-order valence-corrected chi connectivity index (χ1v) is 9.93. The van der Waals surface area contributed by atoms with Crippen LogP contribution in [0.1, 0.15) is 18.4 Å². The minimum Gasteiger partial charge on any atom is -0.493 e. The van der Waals surface area contributed by atoms with Gasteiger partial charge in [-0.05, 0) is 42.7 Å². The molecule has 7 heteroatoms. The van der Waals surface area contributed by atoms with Crippen molar-refractivity contribution in [3.05, 3.63) is 66.5 Å². The highest BCUT2D eigenvalue weighted by atomic mass is 19.1. The molecule has 2 aromatic carbocycles. The quantitative estimate of drug-likeness (QED) is 0.609. The van der Waals surface area contributed by atoms with Gasteiger partial charge in [0.2, 0.25) is 0 Å². The fraction of sp³-hybridized carbons (Fsp3) is 0.348. The van der Waals surface area contributed by atoms with Crippen LogP contribution in [-0.4, -0.2) is 43.9 Å². The molecule has 0 aliphatic carbocycles. The molecule has 2 aromatic rings. The van der Waals surface area contributed by atoms with E-state index in [4.69, 9.17) is 14.2 Å². The number of halogens is 1. The van der Waals surface area contributed by atoms with Crippen LogP contribution in [0.2, 0.25) is 0 Å². The molecule has 2 amide bonds. The predicted molar refractivity (Wildman–Crippen MR) is 113 cm³/mol. The third-order valence-electron chi connectivity index (χ3n) is 4.81. The Kier molecular flexibility index (Phi) is 7.68. The third kappa shape index (κ3) is 5.73. The molecule has 1 aliphatic heterocycles. The molecule has 0 saturated carbocycles. The second-order valence-electron chi connectivity index (χ2n) is 7.01. The van der Waals surface area contributed by atoms with Crippen molar-refractivity contribution >= 4 is 11.7 Å². The SMILES string of the molecule is C=CCOc1ccc(CN(C[C@@H]2CCCO2)C(=O)Nc2ccccc2F)cc1OC. The van der Waals surface area contributed by atoms with Crippen LogP contribution in [0.3, 0.4) is 0 Å². The van der Waals surface area contributed by atoms with Gasteiger partial charge in [0.15, 0.2) is 11.5 Å². The number of nitrogens with one attached hydrogen (secondary N) is 1. The van der Waals surface area contributed by atoms with Crippen molar-refractivity contribution in [2.24, 2.45) is 0 Å². The summed E-state index contributed by atoms with van der Waals surface area (Å²) in [5.74, 6) is 0.692. The van der Waals surface area contributed by atoms with Crippen molar-refractivity contribution in [2.75, 3.05) is 32.2 Å². The second kappa shape index (κ2) is 10.6. The average Bonchev–Trinajstić information content (AvgIpc) is 3.27. The zero-order valence-corrected chi connectivity index (χ0v) is 17.1. The lowest BCUT2D eigenvalue weighted by Crippen LogP contribution is -2.39. The molecular formula is C23H27FN2O4. The molecule has 1 heterocycles. The van der Waals surface area contributed by atoms with Crippen LogP contribution < -0.4 is 14.8 Å². The van der Waals surface area contributed by atoms with Crippen LogP contribution in [0.15, 0.2) is 55.1 Å². The number of hydrogen-bond acceptors (Lipinski definition) is 4. The van der Waals surface area contributed by atoms with E-state index in [2.05, 4.69) is 11.9 Å². The molecule has 0 spiro atoms. The third-order valence-corrected chi connectivity index (χ3v) is 4.81. The number of rotatable bonds is 9. The Morgan fingerprint density at radius 3 is 2.87 bits per heavy atom. The molecule has 0 aromatic heterocycles. The summed E-state index contributed by atoms with van der Waals surface area (Å²) in [4.78, 5) is 14.6. The van der Waals surface area contributed by atoms with Crippen LogP contribution in [0.4, 0.5) is 14.9 Å². The molecule has 1 atom stereocenters. The molecule has 1 fully saturated rings. The van der Waals surface area contributed by atoms with Gasteiger partial charge in [-0.2, -0.15) is 0 Å². The van der Waals surface area contributed by atoms with E-state index in [-0.39, 0.29) is 17.8 Å². The summed E-state index contributed by atoms with van der Waals surface area (Å²) in [6.07, 6.45) is 3.48. The molecule has 3 rings (SSSR count). The molecule has 30 heavy (non-hydrogen) atoms. The fourth-order valence-corrected chi connectivity index (χ4v) is 3.31. The lowest BCUT2D eigenvalue weighted by molar-refractivity contribution is 0.0819. The van der Waals surface area contributed by atoms with Crippen molar-refractivity contribution < 1.29 is 23.4 Å². The highest BCUT2D eigenvalue weighted by Crippen LogP contribution is 2.29. The number of anilines is 1. The van der Waals surface area contributed by atoms with Gasteiger partial charge in [-0.15, -0.1) is 0 Å². The molecule has 1 aliphatic rings. The lowest BCUT2D eigenvalue weighted by atomic mass is 10.1. The summed E-state index contributed by atoms with van der Waals surface area (Å²) in [5, 5.41) is 2.66. The van der Waals surface area contributed by atoms with Gasteiger partial charge in [0, 0.05) is 19.7 Å². The topological polar surface area (TPSA) is 60.0 Å². The number of carbonyl (C=O) groups excluding carboxylic acids is 1. The summed E-state index contributed by atoms with van der Waals surface area (Å²) in [6.45, 7) is 5.43. The zero-order chi connectivity index (χ0) is 21.3. The van der Waals surface area contributed by atoms with Gasteiger partial charge in [0.05, 0.1) is 18.9 Å². The zero-order valence-electron chi connectivity index (χ0n) is 17.1. The highest BCUT2D eigenvalue weighted by Gasteiger charge is 2.24. The standard InChI is InChI=1S/C23H27FN2O4/c1-3-12-30-21-11-10-17(14-22(21)28-2)15-26(16-18-7-6-13-29-18)23(27)25-20-9-5-4-8-19(20)24/h3-5,8-11,14,18H,1,6-7,12-13,15-16H2,2H3,(H,25,27)/t18-/m0/s1. The normalized spacial score (nSPS) is 15.5. The Hall–Kier alpha value is -3.06. The van der Waals surface area contributed by atoms with Crippen LogP contribution >= 0.6 is 0 Å². The van der Waals surface area contributed by atoms with E-state index >= 15 is 0 Å². The Morgan fingerprint density at radius 2 is 2.17 bits per heavy atom. The summed E-state index contributed by atoms with van der Waals surface area (Å²) in [6, 6.07) is 11.2. The number of nitrogens with zero attached hydrogens (tertiary/aromatic N) is 1. The van der Waals surface area contributed by atoms with E-state index in [1.165, 1.54) is 12.1 Å². The molecule has 1 saturated heterocycles. The number of ether oxygens (including phenoxy) is 3. The molecule has 0 unspecified atom stereocenters. The van der Waals surface area contributed by atoms with E-state index in [1.807, 2.05) is 12.1 Å². The number of urea groups is 1. The Bertz CT molecular complexity index is 868. The maximum absolute atomic E-state index is 14.0. The lowest BCUT2D eigenvalue weighted by Gasteiger charge is -2.26. The second-order valence-corrected chi connectivity index (χ2v) is 7.01. The van der Waals surface area contributed by atoms with Gasteiger partial charge in [-0.25, -0.2) is 9.18 Å².